The van der Waals surface area contributed by atoms with Crippen LogP contribution in [-0.4, -0.2) is 36.9 Å². The summed E-state index contributed by atoms with van der Waals surface area (Å²) in [6.07, 6.45) is 1.62. The number of hydrogen-bond donors (Lipinski definition) is 1. The lowest BCUT2D eigenvalue weighted by Gasteiger charge is -2.32. The number of likely N-dealkylation sites (tertiary alicyclic amines) is 1. The van der Waals surface area contributed by atoms with Crippen molar-refractivity contribution in [3.63, 3.8) is 0 Å². The van der Waals surface area contributed by atoms with Crippen LogP contribution in [0.1, 0.15) is 28.8 Å². The molecule has 0 spiro atoms. The zero-order chi connectivity index (χ0) is 20.9. The number of amides is 2. The molecule has 2 amide bonds. The Morgan fingerprint density at radius 3 is 2.50 bits per heavy atom. The van der Waals surface area contributed by atoms with E-state index in [1.807, 2.05) is 71.6 Å². The van der Waals surface area contributed by atoms with Gasteiger partial charge in [0.25, 0.3) is 5.91 Å². The second-order valence-corrected chi connectivity index (χ2v) is 7.65. The third-order valence-corrected chi connectivity index (χ3v) is 5.72. The molecule has 1 N–H and O–H groups in total. The number of nitrogens with zero attached hydrogens (tertiary/aromatic N) is 1. The molecule has 1 unspecified atom stereocenters. The van der Waals surface area contributed by atoms with Crippen molar-refractivity contribution in [2.45, 2.75) is 19.4 Å². The Bertz CT molecular complexity index is 1050. The first-order valence-corrected chi connectivity index (χ1v) is 10.3. The van der Waals surface area contributed by atoms with Gasteiger partial charge < -0.3 is 15.0 Å². The Hall–Kier alpha value is -3.34. The lowest BCUT2D eigenvalue weighted by molar-refractivity contribution is -0.126. The molecule has 1 fully saturated rings. The Morgan fingerprint density at radius 1 is 1.00 bits per heavy atom. The van der Waals surface area contributed by atoms with Crippen LogP contribution in [0.15, 0.2) is 66.7 Å². The van der Waals surface area contributed by atoms with Crippen molar-refractivity contribution < 1.29 is 14.3 Å². The van der Waals surface area contributed by atoms with E-state index in [-0.39, 0.29) is 17.7 Å². The van der Waals surface area contributed by atoms with Gasteiger partial charge in [-0.3, -0.25) is 9.59 Å². The first-order chi connectivity index (χ1) is 14.7. The molecule has 5 nitrogen and oxygen atoms in total. The van der Waals surface area contributed by atoms with Gasteiger partial charge in [-0.05, 0) is 35.9 Å². The first kappa shape index (κ1) is 20.0. The van der Waals surface area contributed by atoms with Crippen LogP contribution < -0.4 is 10.1 Å². The molecule has 0 aromatic heterocycles. The number of ether oxygens (including phenoxy) is 1. The molecule has 1 atom stereocenters. The topological polar surface area (TPSA) is 58.6 Å². The lowest BCUT2D eigenvalue weighted by atomic mass is 9.95. The number of nitrogens with one attached hydrogen (secondary N) is 1. The normalized spacial score (nSPS) is 16.3. The van der Waals surface area contributed by atoms with Crippen molar-refractivity contribution in [1.82, 2.24) is 10.2 Å². The van der Waals surface area contributed by atoms with E-state index in [9.17, 15) is 9.59 Å². The number of benzene rings is 3. The average molecular weight is 402 g/mol. The largest absolute Gasteiger partial charge is 0.496 e. The molecule has 0 aliphatic carbocycles. The molecule has 0 bridgehead atoms. The Kier molecular flexibility index (Phi) is 5.98. The van der Waals surface area contributed by atoms with E-state index in [1.54, 1.807) is 7.11 Å². The minimum atomic E-state index is -0.184. The Morgan fingerprint density at radius 2 is 1.73 bits per heavy atom. The zero-order valence-electron chi connectivity index (χ0n) is 17.1. The van der Waals surface area contributed by atoms with E-state index in [0.717, 1.165) is 34.9 Å². The molecule has 4 rings (SSSR count). The summed E-state index contributed by atoms with van der Waals surface area (Å²) < 4.78 is 5.44. The molecule has 1 aliphatic rings. The lowest BCUT2D eigenvalue weighted by Crippen LogP contribution is -2.45. The van der Waals surface area contributed by atoms with Gasteiger partial charge >= 0.3 is 0 Å². The van der Waals surface area contributed by atoms with E-state index in [1.165, 1.54) is 0 Å². The van der Waals surface area contributed by atoms with Crippen molar-refractivity contribution >= 4 is 22.6 Å². The second-order valence-electron chi connectivity index (χ2n) is 7.65. The summed E-state index contributed by atoms with van der Waals surface area (Å²) >= 11 is 0. The number of methoxy groups -OCH3 is 1. The van der Waals surface area contributed by atoms with Crippen LogP contribution in [0, 0.1) is 5.92 Å². The summed E-state index contributed by atoms with van der Waals surface area (Å²) in [5, 5.41) is 4.81. The number of carbonyl (C=O) groups excluding carboxylic acids is 2. The number of rotatable bonds is 5. The van der Waals surface area contributed by atoms with Gasteiger partial charge in [-0.25, -0.2) is 0 Å². The van der Waals surface area contributed by atoms with E-state index in [2.05, 4.69) is 5.32 Å². The highest BCUT2D eigenvalue weighted by atomic mass is 16.5. The number of piperidine rings is 1. The predicted octanol–water partition coefficient (Wildman–Crippen LogP) is 4.02. The molecule has 30 heavy (non-hydrogen) atoms. The molecule has 3 aromatic rings. The molecule has 1 heterocycles. The molecule has 0 radical (unpaired) electrons. The second kappa shape index (κ2) is 8.99. The molecular formula is C25H26N2O3. The quantitative estimate of drug-likeness (QED) is 0.701. The fourth-order valence-electron chi connectivity index (χ4n) is 4.11. The monoisotopic (exact) mass is 402 g/mol. The summed E-state index contributed by atoms with van der Waals surface area (Å²) in [5.41, 5.74) is 1.72. The zero-order valence-corrected chi connectivity index (χ0v) is 17.1. The van der Waals surface area contributed by atoms with Gasteiger partial charge in [-0.2, -0.15) is 0 Å². The maximum absolute atomic E-state index is 13.3. The van der Waals surface area contributed by atoms with Gasteiger partial charge in [0, 0.05) is 30.6 Å². The van der Waals surface area contributed by atoms with E-state index in [4.69, 9.17) is 4.74 Å². The third kappa shape index (κ3) is 4.15. The van der Waals surface area contributed by atoms with Gasteiger partial charge in [0.15, 0.2) is 0 Å². The maximum Gasteiger partial charge on any atom is 0.254 e. The summed E-state index contributed by atoms with van der Waals surface area (Å²) in [6, 6.07) is 21.3. The number of hydrogen-bond acceptors (Lipinski definition) is 3. The van der Waals surface area contributed by atoms with Crippen LogP contribution in [0.4, 0.5) is 0 Å². The molecule has 3 aromatic carbocycles. The smallest absolute Gasteiger partial charge is 0.254 e. The van der Waals surface area contributed by atoms with E-state index >= 15 is 0 Å². The van der Waals surface area contributed by atoms with Gasteiger partial charge in [-0.1, -0.05) is 54.6 Å². The SMILES string of the molecule is COc1ccc(C(=O)N2CCCC(C(=O)NCc3ccccc3)C2)c2ccccc12. The van der Waals surface area contributed by atoms with Crippen molar-refractivity contribution in [3.05, 3.63) is 77.9 Å². The molecular weight excluding hydrogens is 376 g/mol. The third-order valence-electron chi connectivity index (χ3n) is 5.72. The van der Waals surface area contributed by atoms with Crippen molar-refractivity contribution in [2.24, 2.45) is 5.92 Å². The molecule has 1 saturated heterocycles. The van der Waals surface area contributed by atoms with Gasteiger partial charge in [-0.15, -0.1) is 0 Å². The molecule has 0 saturated carbocycles. The van der Waals surface area contributed by atoms with Crippen LogP contribution >= 0.6 is 0 Å². The van der Waals surface area contributed by atoms with Crippen LogP contribution in [-0.2, 0) is 11.3 Å². The van der Waals surface area contributed by atoms with Crippen molar-refractivity contribution in [3.8, 4) is 5.75 Å². The number of carbonyl (C=O) groups is 2. The summed E-state index contributed by atoms with van der Waals surface area (Å²) in [6.45, 7) is 1.62. The summed E-state index contributed by atoms with van der Waals surface area (Å²) in [4.78, 5) is 27.8. The molecule has 1 aliphatic heterocycles. The highest BCUT2D eigenvalue weighted by Crippen LogP contribution is 2.30. The average Bonchev–Trinajstić information content (AvgIpc) is 2.82. The minimum Gasteiger partial charge on any atom is -0.496 e. The van der Waals surface area contributed by atoms with Crippen molar-refractivity contribution in [2.75, 3.05) is 20.2 Å². The number of fused-ring (bicyclic) bond motifs is 1. The fraction of sp³-hybridized carbons (Fsp3) is 0.280. The van der Waals surface area contributed by atoms with Gasteiger partial charge in [0.05, 0.1) is 13.0 Å². The van der Waals surface area contributed by atoms with Gasteiger partial charge in [0.2, 0.25) is 5.91 Å². The van der Waals surface area contributed by atoms with Crippen molar-refractivity contribution in [1.29, 1.82) is 0 Å². The highest BCUT2D eigenvalue weighted by Gasteiger charge is 2.29. The summed E-state index contributed by atoms with van der Waals surface area (Å²) in [5.74, 6) is 0.542. The molecule has 5 heteroatoms. The highest BCUT2D eigenvalue weighted by molar-refractivity contribution is 6.08. The Balaban J connectivity index is 1.47. The predicted molar refractivity (Wildman–Crippen MR) is 117 cm³/mol. The standard InChI is InChI=1S/C25H26N2O3/c1-30-23-14-13-22(20-11-5-6-12-21(20)23)25(29)27-15-7-10-19(17-27)24(28)26-16-18-8-3-2-4-9-18/h2-6,8-9,11-14,19H,7,10,15-17H2,1H3,(H,26,28). The first-order valence-electron chi connectivity index (χ1n) is 10.3. The maximum atomic E-state index is 13.3. The van der Waals surface area contributed by atoms with E-state index < -0.39 is 0 Å². The van der Waals surface area contributed by atoms with Crippen LogP contribution in [0.5, 0.6) is 5.75 Å². The van der Waals surface area contributed by atoms with Crippen LogP contribution in [0.25, 0.3) is 10.8 Å². The van der Waals surface area contributed by atoms with Crippen LogP contribution in [0.2, 0.25) is 0 Å². The summed E-state index contributed by atoms with van der Waals surface area (Å²) in [7, 11) is 1.63. The molecule has 154 valence electrons. The van der Waals surface area contributed by atoms with Gasteiger partial charge in [0.1, 0.15) is 5.75 Å². The van der Waals surface area contributed by atoms with E-state index in [0.29, 0.717) is 25.2 Å². The van der Waals surface area contributed by atoms with Crippen LogP contribution in [0.3, 0.4) is 0 Å². The fourth-order valence-corrected chi connectivity index (χ4v) is 4.11. The Labute approximate surface area is 176 Å². The minimum absolute atomic E-state index is 0.0101.